The Morgan fingerprint density at radius 1 is 1.05 bits per heavy atom. The summed E-state index contributed by atoms with van der Waals surface area (Å²) in [6, 6.07) is 5.41. The fourth-order valence-electron chi connectivity index (χ4n) is 1.99. The van der Waals surface area contributed by atoms with Gasteiger partial charge in [-0.25, -0.2) is 13.2 Å². The molecule has 0 radical (unpaired) electrons. The fraction of sp³-hybridized carbons (Fsp3) is 0.143. The van der Waals surface area contributed by atoms with Crippen LogP contribution in [-0.2, 0) is 6.42 Å². The van der Waals surface area contributed by atoms with Crippen LogP contribution in [0.5, 0.6) is 0 Å². The highest BCUT2D eigenvalue weighted by molar-refractivity contribution is 6.31. The molecular weight excluding hydrogens is 324 g/mol. The van der Waals surface area contributed by atoms with Gasteiger partial charge in [0.2, 0.25) is 0 Å². The number of rotatable bonds is 4. The van der Waals surface area contributed by atoms with Crippen molar-refractivity contribution >= 4 is 23.2 Å². The van der Waals surface area contributed by atoms with E-state index in [2.05, 4.69) is 5.43 Å². The molecule has 7 heteroatoms. The molecule has 21 heavy (non-hydrogen) atoms. The summed E-state index contributed by atoms with van der Waals surface area (Å²) in [5.41, 5.74) is 2.54. The highest BCUT2D eigenvalue weighted by Crippen LogP contribution is 2.28. The standard InChI is InChI=1S/C14H11Cl2F3N2/c15-9-3-1-2-7(14(9)19)4-13(21-20)8-5-12(18)10(16)6-11(8)17/h1-3,5-6,13,21H,4,20H2. The van der Waals surface area contributed by atoms with E-state index in [1.807, 2.05) is 0 Å². The zero-order valence-electron chi connectivity index (χ0n) is 10.6. The van der Waals surface area contributed by atoms with Crippen molar-refractivity contribution < 1.29 is 13.2 Å². The molecule has 0 spiro atoms. The number of nitrogens with two attached hydrogens (primary N) is 1. The zero-order valence-corrected chi connectivity index (χ0v) is 12.2. The van der Waals surface area contributed by atoms with Gasteiger partial charge >= 0.3 is 0 Å². The lowest BCUT2D eigenvalue weighted by molar-refractivity contribution is 0.492. The molecule has 2 nitrogen and oxygen atoms in total. The molecular formula is C14H11Cl2F3N2. The summed E-state index contributed by atoms with van der Waals surface area (Å²) >= 11 is 11.2. The maximum Gasteiger partial charge on any atom is 0.145 e. The molecule has 112 valence electrons. The van der Waals surface area contributed by atoms with Gasteiger partial charge in [0.05, 0.1) is 16.1 Å². The van der Waals surface area contributed by atoms with E-state index in [-0.39, 0.29) is 27.6 Å². The number of halogens is 5. The highest BCUT2D eigenvalue weighted by Gasteiger charge is 2.20. The Balaban J connectivity index is 2.37. The quantitative estimate of drug-likeness (QED) is 0.500. The molecule has 2 aromatic rings. The largest absolute Gasteiger partial charge is 0.271 e. The van der Waals surface area contributed by atoms with Crippen LogP contribution in [0.15, 0.2) is 30.3 Å². The highest BCUT2D eigenvalue weighted by atomic mass is 35.5. The zero-order chi connectivity index (χ0) is 15.6. The van der Waals surface area contributed by atoms with Crippen molar-refractivity contribution in [3.05, 3.63) is 69.0 Å². The molecule has 0 aliphatic heterocycles. The minimum Gasteiger partial charge on any atom is -0.271 e. The molecule has 2 rings (SSSR count). The molecule has 0 aliphatic carbocycles. The smallest absolute Gasteiger partial charge is 0.145 e. The van der Waals surface area contributed by atoms with Gasteiger partial charge in [-0.3, -0.25) is 11.3 Å². The summed E-state index contributed by atoms with van der Waals surface area (Å²) < 4.78 is 41.2. The van der Waals surface area contributed by atoms with Crippen molar-refractivity contribution in [3.8, 4) is 0 Å². The summed E-state index contributed by atoms with van der Waals surface area (Å²) in [5, 5.41) is -0.382. The molecule has 0 amide bonds. The molecule has 1 atom stereocenters. The van der Waals surface area contributed by atoms with Crippen LogP contribution in [0.4, 0.5) is 13.2 Å². The molecule has 0 fully saturated rings. The van der Waals surface area contributed by atoms with E-state index in [0.29, 0.717) is 0 Å². The average molecular weight is 335 g/mol. The number of hydrogen-bond acceptors (Lipinski definition) is 2. The first-order valence-electron chi connectivity index (χ1n) is 5.97. The molecule has 2 aromatic carbocycles. The second-order valence-electron chi connectivity index (χ2n) is 4.42. The van der Waals surface area contributed by atoms with Crippen molar-refractivity contribution in [2.45, 2.75) is 12.5 Å². The van der Waals surface area contributed by atoms with Crippen molar-refractivity contribution in [2.24, 2.45) is 5.84 Å². The molecule has 0 heterocycles. The van der Waals surface area contributed by atoms with E-state index >= 15 is 0 Å². The predicted molar refractivity (Wildman–Crippen MR) is 76.5 cm³/mol. The summed E-state index contributed by atoms with van der Waals surface area (Å²) in [5.74, 6) is 3.25. The van der Waals surface area contributed by atoms with Crippen LogP contribution in [0.2, 0.25) is 10.0 Å². The topological polar surface area (TPSA) is 38.0 Å². The van der Waals surface area contributed by atoms with E-state index in [4.69, 9.17) is 29.0 Å². The van der Waals surface area contributed by atoms with Crippen LogP contribution < -0.4 is 11.3 Å². The summed E-state index contributed by atoms with van der Waals surface area (Å²) in [7, 11) is 0. The van der Waals surface area contributed by atoms with E-state index in [1.165, 1.54) is 12.1 Å². The normalized spacial score (nSPS) is 12.5. The molecule has 3 N–H and O–H groups in total. The van der Waals surface area contributed by atoms with Crippen molar-refractivity contribution in [2.75, 3.05) is 0 Å². The monoisotopic (exact) mass is 334 g/mol. The predicted octanol–water partition coefficient (Wildman–Crippen LogP) is 4.16. The average Bonchev–Trinajstić information content (AvgIpc) is 2.45. The second-order valence-corrected chi connectivity index (χ2v) is 5.24. The van der Waals surface area contributed by atoms with Crippen LogP contribution in [0.25, 0.3) is 0 Å². The second kappa shape index (κ2) is 6.66. The number of nitrogens with one attached hydrogen (secondary N) is 1. The molecule has 0 saturated carbocycles. The Bertz CT molecular complexity index is 665. The van der Waals surface area contributed by atoms with E-state index in [0.717, 1.165) is 12.1 Å². The first kappa shape index (κ1) is 16.1. The van der Waals surface area contributed by atoms with Gasteiger partial charge in [-0.05, 0) is 30.2 Å². The Morgan fingerprint density at radius 2 is 1.76 bits per heavy atom. The van der Waals surface area contributed by atoms with Gasteiger partial charge in [0.1, 0.15) is 17.5 Å². The maximum absolute atomic E-state index is 13.9. The Morgan fingerprint density at radius 3 is 2.43 bits per heavy atom. The van der Waals surface area contributed by atoms with Gasteiger partial charge in [0, 0.05) is 5.56 Å². The SMILES string of the molecule is NNC(Cc1cccc(Cl)c1F)c1cc(F)c(Cl)cc1F. The van der Waals surface area contributed by atoms with Gasteiger partial charge < -0.3 is 0 Å². The fourth-order valence-corrected chi connectivity index (χ4v) is 2.33. The van der Waals surface area contributed by atoms with Crippen molar-refractivity contribution in [3.63, 3.8) is 0 Å². The van der Waals surface area contributed by atoms with E-state index < -0.39 is 23.5 Å². The number of hydrazine groups is 1. The van der Waals surface area contributed by atoms with Gasteiger partial charge in [-0.2, -0.15) is 0 Å². The Hall–Kier alpha value is -1.27. The van der Waals surface area contributed by atoms with Gasteiger partial charge in [-0.15, -0.1) is 0 Å². The van der Waals surface area contributed by atoms with E-state index in [9.17, 15) is 13.2 Å². The summed E-state index contributed by atoms with van der Waals surface area (Å²) in [6.45, 7) is 0. The Labute approximate surface area is 129 Å². The van der Waals surface area contributed by atoms with Gasteiger partial charge in [0.25, 0.3) is 0 Å². The molecule has 1 unspecified atom stereocenters. The van der Waals surface area contributed by atoms with Crippen LogP contribution in [0, 0.1) is 17.5 Å². The lowest BCUT2D eigenvalue weighted by Crippen LogP contribution is -2.30. The lowest BCUT2D eigenvalue weighted by Gasteiger charge is -2.18. The third-order valence-corrected chi connectivity index (χ3v) is 3.65. The first-order chi connectivity index (χ1) is 9.93. The van der Waals surface area contributed by atoms with Crippen LogP contribution in [0.1, 0.15) is 17.2 Å². The maximum atomic E-state index is 13.9. The molecule has 0 aromatic heterocycles. The lowest BCUT2D eigenvalue weighted by atomic mass is 9.98. The van der Waals surface area contributed by atoms with E-state index in [1.54, 1.807) is 6.07 Å². The van der Waals surface area contributed by atoms with Crippen molar-refractivity contribution in [1.82, 2.24) is 5.43 Å². The third kappa shape index (κ3) is 3.49. The molecule has 0 aliphatic rings. The van der Waals surface area contributed by atoms with Crippen LogP contribution in [-0.4, -0.2) is 0 Å². The van der Waals surface area contributed by atoms with Gasteiger partial charge in [-0.1, -0.05) is 35.3 Å². The van der Waals surface area contributed by atoms with Crippen molar-refractivity contribution in [1.29, 1.82) is 0 Å². The number of hydrogen-bond donors (Lipinski definition) is 2. The van der Waals surface area contributed by atoms with Crippen LogP contribution >= 0.6 is 23.2 Å². The number of benzene rings is 2. The molecule has 0 saturated heterocycles. The van der Waals surface area contributed by atoms with Gasteiger partial charge in [0.15, 0.2) is 0 Å². The first-order valence-corrected chi connectivity index (χ1v) is 6.73. The van der Waals surface area contributed by atoms with Crippen LogP contribution in [0.3, 0.4) is 0 Å². The summed E-state index contributed by atoms with van der Waals surface area (Å²) in [4.78, 5) is 0. The minimum atomic E-state index is -0.829. The third-order valence-electron chi connectivity index (χ3n) is 3.07. The minimum absolute atomic E-state index is 0.000879. The Kier molecular flexibility index (Phi) is 5.11. The molecule has 0 bridgehead atoms. The summed E-state index contributed by atoms with van der Waals surface area (Å²) in [6.07, 6.45) is 0.000879.